The van der Waals surface area contributed by atoms with Gasteiger partial charge in [-0.25, -0.2) is 0 Å². The van der Waals surface area contributed by atoms with E-state index in [1.165, 1.54) is 22.4 Å². The first-order valence-corrected chi connectivity index (χ1v) is 7.81. The average Bonchev–Trinajstić information content (AvgIpc) is 2.50. The van der Waals surface area contributed by atoms with Gasteiger partial charge in [-0.3, -0.25) is 4.90 Å². The Morgan fingerprint density at radius 2 is 1.38 bits per heavy atom. The van der Waals surface area contributed by atoms with Crippen LogP contribution in [0.2, 0.25) is 0 Å². The zero-order chi connectivity index (χ0) is 14.7. The summed E-state index contributed by atoms with van der Waals surface area (Å²) < 4.78 is 0. The van der Waals surface area contributed by atoms with Crippen molar-refractivity contribution in [3.63, 3.8) is 0 Å². The summed E-state index contributed by atoms with van der Waals surface area (Å²) in [6.07, 6.45) is 0. The Morgan fingerprint density at radius 1 is 0.762 bits per heavy atom. The predicted molar refractivity (Wildman–Crippen MR) is 89.8 cm³/mol. The summed E-state index contributed by atoms with van der Waals surface area (Å²) in [6, 6.07) is 17.4. The summed E-state index contributed by atoms with van der Waals surface area (Å²) in [4.78, 5) is 5.10. The summed E-state index contributed by atoms with van der Waals surface area (Å²) in [5.41, 5.74) is 5.65. The van der Waals surface area contributed by atoms with Gasteiger partial charge in [0.05, 0.1) is 0 Å². The Kier molecular flexibility index (Phi) is 4.26. The highest BCUT2D eigenvalue weighted by atomic mass is 15.3. The number of aryl methyl sites for hydroxylation is 2. The lowest BCUT2D eigenvalue weighted by atomic mass is 10.1. The minimum Gasteiger partial charge on any atom is -0.369 e. The number of nitrogens with zero attached hydrogens (tertiary/aromatic N) is 2. The van der Waals surface area contributed by atoms with Crippen molar-refractivity contribution in [1.29, 1.82) is 0 Å². The van der Waals surface area contributed by atoms with Crippen molar-refractivity contribution >= 4 is 5.69 Å². The normalized spacial score (nSPS) is 16.2. The highest BCUT2D eigenvalue weighted by molar-refractivity contribution is 5.59. The van der Waals surface area contributed by atoms with Gasteiger partial charge in [0.25, 0.3) is 0 Å². The van der Waals surface area contributed by atoms with Gasteiger partial charge in [-0.05, 0) is 30.5 Å². The van der Waals surface area contributed by atoms with Gasteiger partial charge in [0.2, 0.25) is 0 Å². The number of anilines is 1. The van der Waals surface area contributed by atoms with E-state index in [0.717, 1.165) is 32.7 Å². The van der Waals surface area contributed by atoms with Crippen molar-refractivity contribution in [3.05, 3.63) is 65.2 Å². The molecule has 3 rings (SSSR count). The number of benzene rings is 2. The van der Waals surface area contributed by atoms with Gasteiger partial charge < -0.3 is 4.90 Å². The van der Waals surface area contributed by atoms with Crippen molar-refractivity contribution < 1.29 is 0 Å². The molecule has 0 bridgehead atoms. The van der Waals surface area contributed by atoms with Gasteiger partial charge in [0.1, 0.15) is 0 Å². The van der Waals surface area contributed by atoms with E-state index < -0.39 is 0 Å². The van der Waals surface area contributed by atoms with Crippen LogP contribution in [-0.4, -0.2) is 31.1 Å². The van der Waals surface area contributed by atoms with Crippen LogP contribution < -0.4 is 4.90 Å². The number of piperazine rings is 1. The highest BCUT2D eigenvalue weighted by Crippen LogP contribution is 2.25. The maximum atomic E-state index is 2.55. The van der Waals surface area contributed by atoms with E-state index in [4.69, 9.17) is 0 Å². The molecule has 0 N–H and O–H groups in total. The molecule has 0 unspecified atom stereocenters. The number of para-hydroxylation sites is 1. The Labute approximate surface area is 128 Å². The maximum absolute atomic E-state index is 2.55. The monoisotopic (exact) mass is 280 g/mol. The molecule has 21 heavy (non-hydrogen) atoms. The Bertz CT molecular complexity index is 564. The molecule has 0 spiro atoms. The quantitative estimate of drug-likeness (QED) is 0.847. The lowest BCUT2D eigenvalue weighted by molar-refractivity contribution is 0.249. The van der Waals surface area contributed by atoms with Crippen LogP contribution in [-0.2, 0) is 6.54 Å². The second-order valence-electron chi connectivity index (χ2n) is 5.99. The Morgan fingerprint density at radius 3 is 2.00 bits per heavy atom. The fraction of sp³-hybridized carbons (Fsp3) is 0.368. The molecule has 0 saturated carbocycles. The van der Waals surface area contributed by atoms with Crippen molar-refractivity contribution in [3.8, 4) is 0 Å². The lowest BCUT2D eigenvalue weighted by Gasteiger charge is -2.37. The van der Waals surface area contributed by atoms with Crippen LogP contribution in [0.5, 0.6) is 0 Å². The van der Waals surface area contributed by atoms with Gasteiger partial charge >= 0.3 is 0 Å². The van der Waals surface area contributed by atoms with E-state index in [1.807, 2.05) is 0 Å². The molecule has 0 aliphatic carbocycles. The first-order chi connectivity index (χ1) is 10.2. The molecule has 1 aliphatic heterocycles. The van der Waals surface area contributed by atoms with Crippen molar-refractivity contribution in [2.45, 2.75) is 20.4 Å². The third-order valence-corrected chi connectivity index (χ3v) is 4.38. The first-order valence-electron chi connectivity index (χ1n) is 7.81. The molecule has 1 saturated heterocycles. The van der Waals surface area contributed by atoms with Crippen molar-refractivity contribution in [1.82, 2.24) is 4.90 Å². The molecule has 2 nitrogen and oxygen atoms in total. The summed E-state index contributed by atoms with van der Waals surface area (Å²) in [6.45, 7) is 10.0. The van der Waals surface area contributed by atoms with Crippen molar-refractivity contribution in [2.24, 2.45) is 0 Å². The summed E-state index contributed by atoms with van der Waals surface area (Å²) >= 11 is 0. The molecule has 0 amide bonds. The van der Waals surface area contributed by atoms with Crippen LogP contribution in [0.25, 0.3) is 0 Å². The third-order valence-electron chi connectivity index (χ3n) is 4.38. The molecule has 0 atom stereocenters. The molecular weight excluding hydrogens is 256 g/mol. The smallest absolute Gasteiger partial charge is 0.0426 e. The zero-order valence-electron chi connectivity index (χ0n) is 13.0. The zero-order valence-corrected chi connectivity index (χ0v) is 13.0. The van der Waals surface area contributed by atoms with E-state index in [9.17, 15) is 0 Å². The van der Waals surface area contributed by atoms with Crippen molar-refractivity contribution in [2.75, 3.05) is 31.1 Å². The second-order valence-corrected chi connectivity index (χ2v) is 5.99. The molecular formula is C19H24N2. The van der Waals surface area contributed by atoms with E-state index in [-0.39, 0.29) is 0 Å². The van der Waals surface area contributed by atoms with Crippen LogP contribution in [0.3, 0.4) is 0 Å². The molecule has 0 radical (unpaired) electrons. The van der Waals surface area contributed by atoms with Crippen LogP contribution in [0.1, 0.15) is 16.7 Å². The Balaban J connectivity index is 1.63. The second kappa shape index (κ2) is 6.31. The van der Waals surface area contributed by atoms with Crippen LogP contribution in [0, 0.1) is 13.8 Å². The minimum absolute atomic E-state index is 1.07. The van der Waals surface area contributed by atoms with Gasteiger partial charge in [-0.1, -0.05) is 48.5 Å². The van der Waals surface area contributed by atoms with E-state index in [1.54, 1.807) is 0 Å². The SMILES string of the molecule is Cc1cccc(C)c1N1CCN(Cc2ccccc2)CC1. The lowest BCUT2D eigenvalue weighted by Crippen LogP contribution is -2.46. The maximum Gasteiger partial charge on any atom is 0.0426 e. The summed E-state index contributed by atoms with van der Waals surface area (Å²) in [5.74, 6) is 0. The highest BCUT2D eigenvalue weighted by Gasteiger charge is 2.19. The topological polar surface area (TPSA) is 6.48 Å². The number of rotatable bonds is 3. The van der Waals surface area contributed by atoms with Crippen LogP contribution in [0.15, 0.2) is 48.5 Å². The molecule has 2 heteroatoms. The fourth-order valence-electron chi connectivity index (χ4n) is 3.28. The standard InChI is InChI=1S/C19H24N2/c1-16-7-6-8-17(2)19(16)21-13-11-20(12-14-21)15-18-9-4-3-5-10-18/h3-10H,11-15H2,1-2H3. The summed E-state index contributed by atoms with van der Waals surface area (Å²) in [7, 11) is 0. The molecule has 0 aromatic heterocycles. The Hall–Kier alpha value is -1.80. The van der Waals surface area contributed by atoms with Gasteiger partial charge in [0.15, 0.2) is 0 Å². The number of hydrogen-bond acceptors (Lipinski definition) is 2. The predicted octanol–water partition coefficient (Wildman–Crippen LogP) is 3.63. The van der Waals surface area contributed by atoms with Gasteiger partial charge in [-0.15, -0.1) is 0 Å². The third kappa shape index (κ3) is 3.27. The molecule has 1 heterocycles. The largest absolute Gasteiger partial charge is 0.369 e. The van der Waals surface area contributed by atoms with Gasteiger partial charge in [-0.2, -0.15) is 0 Å². The van der Waals surface area contributed by atoms with Gasteiger partial charge in [0, 0.05) is 38.4 Å². The average molecular weight is 280 g/mol. The van der Waals surface area contributed by atoms with E-state index in [2.05, 4.69) is 72.2 Å². The van der Waals surface area contributed by atoms with Crippen LogP contribution >= 0.6 is 0 Å². The van der Waals surface area contributed by atoms with E-state index in [0.29, 0.717) is 0 Å². The molecule has 1 aliphatic rings. The first kappa shape index (κ1) is 14.2. The van der Waals surface area contributed by atoms with E-state index >= 15 is 0 Å². The molecule has 2 aromatic rings. The molecule has 1 fully saturated rings. The minimum atomic E-state index is 1.07. The number of hydrogen-bond donors (Lipinski definition) is 0. The fourth-order valence-corrected chi connectivity index (χ4v) is 3.28. The molecule has 2 aromatic carbocycles. The molecule has 110 valence electrons. The summed E-state index contributed by atoms with van der Waals surface area (Å²) in [5, 5.41) is 0. The van der Waals surface area contributed by atoms with Crippen LogP contribution in [0.4, 0.5) is 5.69 Å².